The summed E-state index contributed by atoms with van der Waals surface area (Å²) in [5.74, 6) is 0.162. The molecule has 0 spiro atoms. The maximum Gasteiger partial charge on any atom is 0.185 e. The highest BCUT2D eigenvalue weighted by Gasteiger charge is 2.18. The number of guanidine groups is 1. The summed E-state index contributed by atoms with van der Waals surface area (Å²) in [5, 5.41) is 0.816. The van der Waals surface area contributed by atoms with Gasteiger partial charge in [-0.3, -0.25) is 9.89 Å². The van der Waals surface area contributed by atoms with Crippen molar-refractivity contribution in [3.63, 3.8) is 0 Å². The summed E-state index contributed by atoms with van der Waals surface area (Å²) < 4.78 is 0. The van der Waals surface area contributed by atoms with Crippen LogP contribution in [0.3, 0.4) is 0 Å². The van der Waals surface area contributed by atoms with Crippen LogP contribution in [0.5, 0.6) is 0 Å². The SMILES string of the molecule is NC(N)=NCCN1CCN(c2ccccc2Cl)CC1. The van der Waals surface area contributed by atoms with Gasteiger partial charge < -0.3 is 16.4 Å². The largest absolute Gasteiger partial charge is 0.370 e. The standard InChI is InChI=1S/C13H20ClN5/c14-11-3-1-2-4-12(11)19-9-7-18(8-10-19)6-5-17-13(15)16/h1-4H,5-10H2,(H4,15,16,17). The van der Waals surface area contributed by atoms with Crippen LogP contribution in [0.2, 0.25) is 5.02 Å². The third-order valence-electron chi connectivity index (χ3n) is 3.28. The van der Waals surface area contributed by atoms with E-state index in [0.29, 0.717) is 6.54 Å². The molecule has 6 heteroatoms. The van der Waals surface area contributed by atoms with Crippen LogP contribution in [0.4, 0.5) is 5.69 Å². The summed E-state index contributed by atoms with van der Waals surface area (Å²) in [4.78, 5) is 8.69. The number of anilines is 1. The topological polar surface area (TPSA) is 70.9 Å². The molecule has 1 aliphatic heterocycles. The van der Waals surface area contributed by atoms with Gasteiger partial charge in [0.25, 0.3) is 0 Å². The molecule has 0 aromatic heterocycles. The van der Waals surface area contributed by atoms with Gasteiger partial charge in [0.1, 0.15) is 0 Å². The predicted octanol–water partition coefficient (Wildman–Crippen LogP) is 0.735. The van der Waals surface area contributed by atoms with Gasteiger partial charge in [-0.25, -0.2) is 0 Å². The number of aliphatic imine (C=N–C) groups is 1. The first-order valence-corrected chi connectivity index (χ1v) is 6.82. The van der Waals surface area contributed by atoms with E-state index in [0.717, 1.165) is 43.4 Å². The summed E-state index contributed by atoms with van der Waals surface area (Å²) >= 11 is 6.21. The fourth-order valence-electron chi connectivity index (χ4n) is 2.24. The van der Waals surface area contributed by atoms with Gasteiger partial charge in [0, 0.05) is 32.7 Å². The number of para-hydroxylation sites is 1. The molecule has 1 aromatic carbocycles. The Kier molecular flexibility index (Phi) is 4.87. The van der Waals surface area contributed by atoms with Crippen molar-refractivity contribution >= 4 is 23.2 Å². The van der Waals surface area contributed by atoms with Crippen molar-refractivity contribution in [2.75, 3.05) is 44.2 Å². The van der Waals surface area contributed by atoms with Crippen LogP contribution in [0.25, 0.3) is 0 Å². The van der Waals surface area contributed by atoms with Crippen LogP contribution >= 0.6 is 11.6 Å². The molecule has 5 nitrogen and oxygen atoms in total. The first kappa shape index (κ1) is 14.0. The third kappa shape index (κ3) is 4.01. The average molecular weight is 282 g/mol. The summed E-state index contributed by atoms with van der Waals surface area (Å²) in [5.41, 5.74) is 11.7. The number of nitrogens with two attached hydrogens (primary N) is 2. The lowest BCUT2D eigenvalue weighted by Gasteiger charge is -2.36. The summed E-state index contributed by atoms with van der Waals surface area (Å²) in [7, 11) is 0. The van der Waals surface area contributed by atoms with E-state index >= 15 is 0 Å². The van der Waals surface area contributed by atoms with Crippen molar-refractivity contribution in [1.82, 2.24) is 4.90 Å². The summed E-state index contributed by atoms with van der Waals surface area (Å²) in [6, 6.07) is 7.98. The van der Waals surface area contributed by atoms with Gasteiger partial charge in [-0.15, -0.1) is 0 Å². The van der Waals surface area contributed by atoms with Crippen molar-refractivity contribution < 1.29 is 0 Å². The lowest BCUT2D eigenvalue weighted by atomic mass is 10.2. The van der Waals surface area contributed by atoms with E-state index in [1.807, 2.05) is 18.2 Å². The molecule has 0 atom stereocenters. The maximum absolute atomic E-state index is 6.21. The van der Waals surface area contributed by atoms with Gasteiger partial charge in [0.2, 0.25) is 0 Å². The molecule has 1 saturated heterocycles. The third-order valence-corrected chi connectivity index (χ3v) is 3.60. The normalized spacial score (nSPS) is 16.4. The number of benzene rings is 1. The van der Waals surface area contributed by atoms with Crippen molar-refractivity contribution in [2.24, 2.45) is 16.5 Å². The molecule has 0 unspecified atom stereocenters. The molecule has 0 radical (unpaired) electrons. The first-order chi connectivity index (χ1) is 9.16. The molecular weight excluding hydrogens is 262 g/mol. The number of halogens is 1. The lowest BCUT2D eigenvalue weighted by molar-refractivity contribution is 0.265. The zero-order chi connectivity index (χ0) is 13.7. The predicted molar refractivity (Wildman–Crippen MR) is 80.8 cm³/mol. The second-order valence-corrected chi connectivity index (χ2v) is 4.99. The molecule has 1 heterocycles. The van der Waals surface area contributed by atoms with Crippen molar-refractivity contribution in [2.45, 2.75) is 0 Å². The molecule has 104 valence electrons. The molecular formula is C13H20ClN5. The number of hydrogen-bond acceptors (Lipinski definition) is 3. The smallest absolute Gasteiger partial charge is 0.185 e. The molecule has 19 heavy (non-hydrogen) atoms. The van der Waals surface area contributed by atoms with E-state index in [9.17, 15) is 0 Å². The second-order valence-electron chi connectivity index (χ2n) is 4.59. The van der Waals surface area contributed by atoms with Gasteiger partial charge in [0.05, 0.1) is 17.3 Å². The van der Waals surface area contributed by atoms with Gasteiger partial charge in [0.15, 0.2) is 5.96 Å². The van der Waals surface area contributed by atoms with Gasteiger partial charge >= 0.3 is 0 Å². The Balaban J connectivity index is 1.83. The zero-order valence-corrected chi connectivity index (χ0v) is 11.7. The monoisotopic (exact) mass is 281 g/mol. The number of nitrogens with zero attached hydrogens (tertiary/aromatic N) is 3. The van der Waals surface area contributed by atoms with E-state index in [1.54, 1.807) is 0 Å². The fourth-order valence-corrected chi connectivity index (χ4v) is 2.50. The molecule has 1 fully saturated rings. The van der Waals surface area contributed by atoms with Gasteiger partial charge in [-0.05, 0) is 12.1 Å². The van der Waals surface area contributed by atoms with E-state index in [2.05, 4.69) is 20.9 Å². The molecule has 0 amide bonds. The second kappa shape index (κ2) is 6.63. The Hall–Kier alpha value is -1.46. The van der Waals surface area contributed by atoms with E-state index < -0.39 is 0 Å². The summed E-state index contributed by atoms with van der Waals surface area (Å²) in [6.45, 7) is 5.52. The molecule has 2 rings (SSSR count). The average Bonchev–Trinajstić information content (AvgIpc) is 2.40. The van der Waals surface area contributed by atoms with Crippen LogP contribution in [-0.2, 0) is 0 Å². The van der Waals surface area contributed by atoms with Crippen molar-refractivity contribution in [1.29, 1.82) is 0 Å². The molecule has 4 N–H and O–H groups in total. The molecule has 0 aliphatic carbocycles. The Morgan fingerprint density at radius 1 is 1.16 bits per heavy atom. The van der Waals surface area contributed by atoms with Gasteiger partial charge in [-0.1, -0.05) is 23.7 Å². The molecule has 1 aliphatic rings. The minimum Gasteiger partial charge on any atom is -0.370 e. The van der Waals surface area contributed by atoms with Crippen molar-refractivity contribution in [3.05, 3.63) is 29.3 Å². The maximum atomic E-state index is 6.21. The van der Waals surface area contributed by atoms with Crippen molar-refractivity contribution in [3.8, 4) is 0 Å². The van der Waals surface area contributed by atoms with Gasteiger partial charge in [-0.2, -0.15) is 0 Å². The first-order valence-electron chi connectivity index (χ1n) is 6.44. The Morgan fingerprint density at radius 2 is 1.84 bits per heavy atom. The highest BCUT2D eigenvalue weighted by Crippen LogP contribution is 2.25. The Morgan fingerprint density at radius 3 is 2.47 bits per heavy atom. The highest BCUT2D eigenvalue weighted by molar-refractivity contribution is 6.33. The van der Waals surface area contributed by atoms with Crippen LogP contribution < -0.4 is 16.4 Å². The van der Waals surface area contributed by atoms with E-state index in [1.165, 1.54) is 0 Å². The Bertz CT molecular complexity index is 436. The molecule has 0 saturated carbocycles. The van der Waals surface area contributed by atoms with Crippen LogP contribution in [0.15, 0.2) is 29.3 Å². The molecule has 0 bridgehead atoms. The van der Waals surface area contributed by atoms with E-state index in [-0.39, 0.29) is 5.96 Å². The quantitative estimate of drug-likeness (QED) is 0.631. The minimum absolute atomic E-state index is 0.162. The molecule has 1 aromatic rings. The highest BCUT2D eigenvalue weighted by atomic mass is 35.5. The van der Waals surface area contributed by atoms with Crippen LogP contribution in [0, 0.1) is 0 Å². The number of piperazine rings is 1. The lowest BCUT2D eigenvalue weighted by Crippen LogP contribution is -2.47. The van der Waals surface area contributed by atoms with Crippen LogP contribution in [-0.4, -0.2) is 50.1 Å². The zero-order valence-electron chi connectivity index (χ0n) is 10.9. The fraction of sp³-hybridized carbons (Fsp3) is 0.462. The summed E-state index contributed by atoms with van der Waals surface area (Å²) in [6.07, 6.45) is 0. The van der Waals surface area contributed by atoms with Crippen LogP contribution in [0.1, 0.15) is 0 Å². The minimum atomic E-state index is 0.162. The van der Waals surface area contributed by atoms with E-state index in [4.69, 9.17) is 23.1 Å². The Labute approximate surface area is 118 Å². The number of rotatable bonds is 4. The number of hydrogen-bond donors (Lipinski definition) is 2.